The Labute approximate surface area is 137 Å². The van der Waals surface area contributed by atoms with Crippen molar-refractivity contribution in [1.82, 2.24) is 19.3 Å². The summed E-state index contributed by atoms with van der Waals surface area (Å²) in [5, 5.41) is 4.31. The molecule has 0 saturated heterocycles. The number of hydrogen-bond donors (Lipinski definition) is 1. The molecular weight excluding hydrogens is 306 g/mol. The molecule has 2 aromatic heterocycles. The number of carbonyl (C=O) groups is 2. The predicted octanol–water partition coefficient (Wildman–Crippen LogP) is 1.68. The van der Waals surface area contributed by atoms with Crippen LogP contribution in [-0.4, -0.2) is 31.0 Å². The number of imidazole rings is 1. The number of rotatable bonds is 3. The third-order valence-electron chi connectivity index (χ3n) is 4.16. The summed E-state index contributed by atoms with van der Waals surface area (Å²) >= 11 is 0. The molecule has 7 nitrogen and oxygen atoms in total. The summed E-state index contributed by atoms with van der Waals surface area (Å²) in [7, 11) is 0. The lowest BCUT2D eigenvalue weighted by molar-refractivity contribution is 0.0948. The van der Waals surface area contributed by atoms with Gasteiger partial charge in [-0.1, -0.05) is 18.2 Å². The van der Waals surface area contributed by atoms with Crippen molar-refractivity contribution in [1.29, 1.82) is 0 Å². The maximum Gasteiger partial charge on any atom is 0.269 e. The van der Waals surface area contributed by atoms with E-state index in [1.54, 1.807) is 10.9 Å². The molecule has 0 spiro atoms. The van der Waals surface area contributed by atoms with Crippen LogP contribution >= 0.6 is 0 Å². The van der Waals surface area contributed by atoms with Crippen LogP contribution < -0.4 is 5.73 Å². The number of primary amides is 1. The van der Waals surface area contributed by atoms with Gasteiger partial charge in [-0.3, -0.25) is 14.2 Å². The standard InChI is InChI=1S/C17H15N5O2/c18-16(24)15-14-12(7-4-8-13(14)23)22(20-15)17-19-9-10-21(17)11-5-2-1-3-6-11/h1-3,5-6,9-10H,4,7-8H2,(H2,18,24). The fourth-order valence-corrected chi connectivity index (χ4v) is 3.10. The molecule has 24 heavy (non-hydrogen) atoms. The van der Waals surface area contributed by atoms with Gasteiger partial charge in [0.2, 0.25) is 5.95 Å². The smallest absolute Gasteiger partial charge is 0.269 e. The molecular formula is C17H15N5O2. The molecule has 0 radical (unpaired) electrons. The third kappa shape index (κ3) is 2.13. The average molecular weight is 321 g/mol. The minimum atomic E-state index is -0.696. The SMILES string of the molecule is NC(=O)c1nn(-c2nccn2-c2ccccc2)c2c1C(=O)CCC2. The Bertz CT molecular complexity index is 939. The van der Waals surface area contributed by atoms with E-state index in [0.717, 1.165) is 12.1 Å². The summed E-state index contributed by atoms with van der Waals surface area (Å²) in [4.78, 5) is 28.4. The van der Waals surface area contributed by atoms with Crippen LogP contribution in [0.5, 0.6) is 0 Å². The van der Waals surface area contributed by atoms with Gasteiger partial charge in [-0.2, -0.15) is 5.10 Å². The molecule has 0 bridgehead atoms. The number of carbonyl (C=O) groups excluding carboxylic acids is 2. The fourth-order valence-electron chi connectivity index (χ4n) is 3.10. The molecule has 1 aliphatic rings. The summed E-state index contributed by atoms with van der Waals surface area (Å²) in [5.74, 6) is -0.258. The average Bonchev–Trinajstić information content (AvgIpc) is 3.20. The van der Waals surface area contributed by atoms with Gasteiger partial charge >= 0.3 is 0 Å². The molecule has 0 atom stereocenters. The molecule has 0 unspecified atom stereocenters. The molecule has 1 aliphatic carbocycles. The quantitative estimate of drug-likeness (QED) is 0.793. The maximum atomic E-state index is 12.3. The number of aromatic nitrogens is 4. The van der Waals surface area contributed by atoms with Crippen LogP contribution in [0.2, 0.25) is 0 Å². The van der Waals surface area contributed by atoms with Gasteiger partial charge < -0.3 is 5.73 Å². The number of nitrogens with two attached hydrogens (primary N) is 1. The highest BCUT2D eigenvalue weighted by atomic mass is 16.1. The number of fused-ring (bicyclic) bond motifs is 1. The van der Waals surface area contributed by atoms with Crippen molar-refractivity contribution in [2.45, 2.75) is 19.3 Å². The second kappa shape index (κ2) is 5.45. The number of para-hydroxylation sites is 1. The van der Waals surface area contributed by atoms with E-state index in [1.807, 2.05) is 41.1 Å². The Morgan fingerprint density at radius 1 is 1.17 bits per heavy atom. The van der Waals surface area contributed by atoms with Crippen molar-refractivity contribution < 1.29 is 9.59 Å². The molecule has 4 rings (SSSR count). The molecule has 2 N–H and O–H groups in total. The molecule has 7 heteroatoms. The van der Waals surface area contributed by atoms with Crippen LogP contribution in [0.3, 0.4) is 0 Å². The van der Waals surface area contributed by atoms with Crippen LogP contribution in [-0.2, 0) is 6.42 Å². The molecule has 0 aliphatic heterocycles. The zero-order chi connectivity index (χ0) is 16.7. The summed E-state index contributed by atoms with van der Waals surface area (Å²) in [5.41, 5.74) is 7.40. The summed E-state index contributed by atoms with van der Waals surface area (Å²) < 4.78 is 3.43. The first-order valence-electron chi connectivity index (χ1n) is 7.71. The second-order valence-corrected chi connectivity index (χ2v) is 5.66. The molecule has 1 aromatic carbocycles. The van der Waals surface area contributed by atoms with E-state index in [0.29, 0.717) is 30.0 Å². The first kappa shape index (κ1) is 14.4. The van der Waals surface area contributed by atoms with Gasteiger partial charge in [0.05, 0.1) is 11.3 Å². The molecule has 1 amide bonds. The van der Waals surface area contributed by atoms with Crippen molar-refractivity contribution in [3.05, 3.63) is 59.7 Å². The summed E-state index contributed by atoms with van der Waals surface area (Å²) in [6.07, 6.45) is 5.26. The largest absolute Gasteiger partial charge is 0.364 e. The first-order chi connectivity index (χ1) is 11.7. The van der Waals surface area contributed by atoms with Gasteiger partial charge in [0.1, 0.15) is 0 Å². The van der Waals surface area contributed by atoms with E-state index in [1.165, 1.54) is 0 Å². The third-order valence-corrected chi connectivity index (χ3v) is 4.16. The van der Waals surface area contributed by atoms with Crippen molar-refractivity contribution >= 4 is 11.7 Å². The van der Waals surface area contributed by atoms with E-state index in [2.05, 4.69) is 10.1 Å². The van der Waals surface area contributed by atoms with Gasteiger partial charge in [-0.15, -0.1) is 0 Å². The molecule has 120 valence electrons. The normalized spacial score (nSPS) is 13.8. The van der Waals surface area contributed by atoms with E-state index in [9.17, 15) is 9.59 Å². The lowest BCUT2D eigenvalue weighted by Crippen LogP contribution is -2.18. The zero-order valence-corrected chi connectivity index (χ0v) is 12.8. The molecule has 3 aromatic rings. The number of nitrogens with zero attached hydrogens (tertiary/aromatic N) is 4. The van der Waals surface area contributed by atoms with Crippen LogP contribution in [0, 0.1) is 0 Å². The van der Waals surface area contributed by atoms with Crippen LogP contribution in [0.15, 0.2) is 42.7 Å². The number of benzene rings is 1. The Morgan fingerprint density at radius 3 is 2.71 bits per heavy atom. The Morgan fingerprint density at radius 2 is 1.96 bits per heavy atom. The topological polar surface area (TPSA) is 95.8 Å². The number of ketones is 1. The van der Waals surface area contributed by atoms with Crippen LogP contribution in [0.4, 0.5) is 0 Å². The monoisotopic (exact) mass is 321 g/mol. The van der Waals surface area contributed by atoms with E-state index >= 15 is 0 Å². The number of amides is 1. The summed E-state index contributed by atoms with van der Waals surface area (Å²) in [6, 6.07) is 9.67. The highest BCUT2D eigenvalue weighted by molar-refractivity contribution is 6.08. The van der Waals surface area contributed by atoms with Gasteiger partial charge in [-0.05, 0) is 25.0 Å². The fraction of sp³-hybridized carbons (Fsp3) is 0.176. The first-order valence-corrected chi connectivity index (χ1v) is 7.71. The number of Topliss-reactive ketones (excluding diaryl/α,β-unsaturated/α-hetero) is 1. The molecule has 0 saturated carbocycles. The molecule has 2 heterocycles. The lowest BCUT2D eigenvalue weighted by atomic mass is 9.94. The van der Waals surface area contributed by atoms with Crippen molar-refractivity contribution in [3.63, 3.8) is 0 Å². The minimum Gasteiger partial charge on any atom is -0.364 e. The van der Waals surface area contributed by atoms with Crippen molar-refractivity contribution in [3.8, 4) is 11.6 Å². The van der Waals surface area contributed by atoms with E-state index in [4.69, 9.17) is 5.73 Å². The summed E-state index contributed by atoms with van der Waals surface area (Å²) in [6.45, 7) is 0. The Hall–Kier alpha value is -3.22. The van der Waals surface area contributed by atoms with Gasteiger partial charge in [0.25, 0.3) is 5.91 Å². The van der Waals surface area contributed by atoms with Gasteiger partial charge in [0.15, 0.2) is 11.5 Å². The zero-order valence-electron chi connectivity index (χ0n) is 12.8. The Kier molecular flexibility index (Phi) is 3.26. The highest BCUT2D eigenvalue weighted by Crippen LogP contribution is 2.27. The van der Waals surface area contributed by atoms with Crippen LogP contribution in [0.25, 0.3) is 11.6 Å². The Balaban J connectivity index is 1.94. The second-order valence-electron chi connectivity index (χ2n) is 5.66. The van der Waals surface area contributed by atoms with Crippen molar-refractivity contribution in [2.75, 3.05) is 0 Å². The maximum absolute atomic E-state index is 12.3. The van der Waals surface area contributed by atoms with Crippen LogP contribution in [0.1, 0.15) is 39.4 Å². The van der Waals surface area contributed by atoms with Gasteiger partial charge in [0, 0.05) is 24.5 Å². The van der Waals surface area contributed by atoms with E-state index < -0.39 is 5.91 Å². The minimum absolute atomic E-state index is 0.0253. The highest BCUT2D eigenvalue weighted by Gasteiger charge is 2.30. The van der Waals surface area contributed by atoms with Crippen molar-refractivity contribution in [2.24, 2.45) is 5.73 Å². The molecule has 0 fully saturated rings. The van der Waals surface area contributed by atoms with Gasteiger partial charge in [-0.25, -0.2) is 9.67 Å². The van der Waals surface area contributed by atoms with E-state index in [-0.39, 0.29) is 11.5 Å². The predicted molar refractivity (Wildman–Crippen MR) is 86.5 cm³/mol. The lowest BCUT2D eigenvalue weighted by Gasteiger charge is -2.14. The number of hydrogen-bond acceptors (Lipinski definition) is 4.